The van der Waals surface area contributed by atoms with Crippen molar-refractivity contribution >= 4 is 17.5 Å². The Morgan fingerprint density at radius 1 is 1.18 bits per heavy atom. The molecule has 1 saturated carbocycles. The topological polar surface area (TPSA) is 109 Å². The SMILES string of the molecule is Cc1cn2cc(-c3ccc(C[C@@H](C#N)NC(=O)C(C)(NC(=O)OC(C)(C)C)C4CCC4)c(F)c3)cc2c(C)n1. The van der Waals surface area contributed by atoms with E-state index < -0.39 is 35.0 Å². The molecule has 3 aromatic rings. The van der Waals surface area contributed by atoms with E-state index in [1.54, 1.807) is 33.8 Å². The van der Waals surface area contributed by atoms with Crippen molar-refractivity contribution in [2.24, 2.45) is 5.92 Å². The average Bonchev–Trinajstić information content (AvgIpc) is 3.21. The third-order valence-electron chi connectivity index (χ3n) is 7.31. The number of carbonyl (C=O) groups excluding carboxylic acids is 2. The number of amides is 2. The summed E-state index contributed by atoms with van der Waals surface area (Å²) < 4.78 is 22.6. The van der Waals surface area contributed by atoms with E-state index in [1.807, 2.05) is 42.8 Å². The Morgan fingerprint density at radius 2 is 1.90 bits per heavy atom. The number of nitrogens with zero attached hydrogens (tertiary/aromatic N) is 3. The maximum Gasteiger partial charge on any atom is 0.408 e. The Labute approximate surface area is 228 Å². The first-order valence-corrected chi connectivity index (χ1v) is 13.3. The van der Waals surface area contributed by atoms with Gasteiger partial charge < -0.3 is 19.8 Å². The number of aromatic nitrogens is 2. The predicted octanol–water partition coefficient (Wildman–Crippen LogP) is 5.39. The number of nitrogens with one attached hydrogen (secondary N) is 2. The Bertz CT molecular complexity index is 1450. The number of halogens is 1. The lowest BCUT2D eigenvalue weighted by atomic mass is 9.71. The third-order valence-corrected chi connectivity index (χ3v) is 7.31. The highest BCUT2D eigenvalue weighted by molar-refractivity contribution is 5.90. The molecule has 1 unspecified atom stereocenters. The van der Waals surface area contributed by atoms with Crippen molar-refractivity contribution in [1.29, 1.82) is 5.26 Å². The van der Waals surface area contributed by atoms with E-state index in [0.29, 0.717) is 11.1 Å². The van der Waals surface area contributed by atoms with Crippen LogP contribution >= 0.6 is 0 Å². The molecular formula is C30H36FN5O3. The van der Waals surface area contributed by atoms with Crippen molar-refractivity contribution in [3.8, 4) is 17.2 Å². The maximum absolute atomic E-state index is 15.2. The average molecular weight is 534 g/mol. The summed E-state index contributed by atoms with van der Waals surface area (Å²) in [6, 6.07) is 7.95. The normalized spacial score (nSPS) is 16.1. The minimum absolute atomic E-state index is 0.0124. The zero-order valence-corrected chi connectivity index (χ0v) is 23.4. The Hall–Kier alpha value is -3.93. The minimum Gasteiger partial charge on any atom is -0.444 e. The van der Waals surface area contributed by atoms with Gasteiger partial charge >= 0.3 is 6.09 Å². The molecule has 0 aliphatic heterocycles. The standard InChI is InChI=1S/C30H36FN5O3/c1-18-16-36-17-22(14-26(36)19(2)33-18)20-10-11-21(25(31)13-20)12-24(15-32)34-27(37)30(6,23-8-7-9-23)35-28(38)39-29(3,4)5/h10-11,13-14,16-17,23-24H,7-9,12H2,1-6H3,(H,34,37)(H,35,38)/t24-,30?/m0/s1. The lowest BCUT2D eigenvalue weighted by Crippen LogP contribution is -2.64. The van der Waals surface area contributed by atoms with Crippen LogP contribution in [0, 0.1) is 36.9 Å². The van der Waals surface area contributed by atoms with Crippen LogP contribution in [0.15, 0.2) is 36.7 Å². The van der Waals surface area contributed by atoms with E-state index in [9.17, 15) is 14.9 Å². The molecule has 1 fully saturated rings. The summed E-state index contributed by atoms with van der Waals surface area (Å²) in [5, 5.41) is 15.3. The molecule has 2 aromatic heterocycles. The highest BCUT2D eigenvalue weighted by atomic mass is 19.1. The highest BCUT2D eigenvalue weighted by Gasteiger charge is 2.46. The van der Waals surface area contributed by atoms with E-state index in [4.69, 9.17) is 4.74 Å². The van der Waals surface area contributed by atoms with Gasteiger partial charge in [0.05, 0.1) is 23.0 Å². The minimum atomic E-state index is -1.25. The quantitative estimate of drug-likeness (QED) is 0.423. The van der Waals surface area contributed by atoms with Gasteiger partial charge in [-0.3, -0.25) is 9.78 Å². The van der Waals surface area contributed by atoms with Crippen molar-refractivity contribution in [2.75, 3.05) is 0 Å². The number of rotatable bonds is 7. The zero-order valence-electron chi connectivity index (χ0n) is 23.4. The number of hydrogen-bond donors (Lipinski definition) is 2. The molecule has 0 spiro atoms. The van der Waals surface area contributed by atoms with E-state index in [2.05, 4.69) is 21.7 Å². The molecule has 1 aromatic carbocycles. The Balaban J connectivity index is 1.49. The van der Waals surface area contributed by atoms with Crippen LogP contribution in [-0.4, -0.2) is 38.6 Å². The predicted molar refractivity (Wildman–Crippen MR) is 146 cm³/mol. The van der Waals surface area contributed by atoms with Crippen LogP contribution in [0.2, 0.25) is 0 Å². The van der Waals surface area contributed by atoms with Crippen LogP contribution in [0.3, 0.4) is 0 Å². The number of nitriles is 1. The molecule has 1 aliphatic rings. The molecule has 9 heteroatoms. The summed E-state index contributed by atoms with van der Waals surface area (Å²) in [7, 11) is 0. The molecule has 2 atom stereocenters. The van der Waals surface area contributed by atoms with Crippen molar-refractivity contribution in [3.05, 3.63) is 59.4 Å². The van der Waals surface area contributed by atoms with Gasteiger partial charge in [0.1, 0.15) is 23.0 Å². The number of hydrogen-bond acceptors (Lipinski definition) is 5. The van der Waals surface area contributed by atoms with Crippen LogP contribution in [0.25, 0.3) is 16.6 Å². The van der Waals surface area contributed by atoms with Gasteiger partial charge in [-0.2, -0.15) is 5.26 Å². The van der Waals surface area contributed by atoms with Crippen molar-refractivity contribution in [2.45, 2.75) is 84.4 Å². The molecule has 0 saturated heterocycles. The largest absolute Gasteiger partial charge is 0.444 e. The Morgan fingerprint density at radius 3 is 2.49 bits per heavy atom. The number of ether oxygens (including phenoxy) is 1. The van der Waals surface area contributed by atoms with Gasteiger partial charge in [0.15, 0.2) is 0 Å². The van der Waals surface area contributed by atoms with Crippen LogP contribution < -0.4 is 10.6 Å². The first-order valence-electron chi connectivity index (χ1n) is 13.3. The van der Waals surface area contributed by atoms with Crippen LogP contribution in [0.5, 0.6) is 0 Å². The first-order chi connectivity index (χ1) is 18.3. The molecule has 1 aliphatic carbocycles. The van der Waals surface area contributed by atoms with Crippen molar-refractivity contribution in [3.63, 3.8) is 0 Å². The summed E-state index contributed by atoms with van der Waals surface area (Å²) in [6.45, 7) is 10.8. The van der Waals surface area contributed by atoms with E-state index in [0.717, 1.165) is 41.7 Å². The zero-order chi connectivity index (χ0) is 28.5. The van der Waals surface area contributed by atoms with Gasteiger partial charge in [0, 0.05) is 24.4 Å². The lowest BCUT2D eigenvalue weighted by molar-refractivity contribution is -0.131. The van der Waals surface area contributed by atoms with Crippen LogP contribution in [0.1, 0.15) is 63.9 Å². The fraction of sp³-hybridized carbons (Fsp3) is 0.467. The Kier molecular flexibility index (Phi) is 7.69. The first kappa shape index (κ1) is 28.1. The lowest BCUT2D eigenvalue weighted by Gasteiger charge is -2.42. The summed E-state index contributed by atoms with van der Waals surface area (Å²) in [6.07, 6.45) is 5.65. The second kappa shape index (κ2) is 10.7. The number of alkyl carbamates (subject to hydrolysis) is 1. The number of fused-ring (bicyclic) bond motifs is 1. The third kappa shape index (κ3) is 6.22. The van der Waals surface area contributed by atoms with Gasteiger partial charge in [0.2, 0.25) is 5.91 Å². The van der Waals surface area contributed by atoms with E-state index in [1.165, 1.54) is 6.07 Å². The van der Waals surface area contributed by atoms with Gasteiger partial charge in [-0.1, -0.05) is 18.6 Å². The van der Waals surface area contributed by atoms with Gasteiger partial charge in [0.25, 0.3) is 0 Å². The molecule has 2 amide bonds. The van der Waals surface area contributed by atoms with Crippen molar-refractivity contribution < 1.29 is 18.7 Å². The molecule has 0 radical (unpaired) electrons. The fourth-order valence-corrected chi connectivity index (χ4v) is 4.98. The molecular weight excluding hydrogens is 497 g/mol. The van der Waals surface area contributed by atoms with Crippen LogP contribution in [0.4, 0.5) is 9.18 Å². The van der Waals surface area contributed by atoms with Gasteiger partial charge in [-0.25, -0.2) is 9.18 Å². The van der Waals surface area contributed by atoms with Gasteiger partial charge in [-0.15, -0.1) is 0 Å². The second-order valence-electron chi connectivity index (χ2n) is 11.6. The molecule has 39 heavy (non-hydrogen) atoms. The van der Waals surface area contributed by atoms with Crippen molar-refractivity contribution in [1.82, 2.24) is 20.0 Å². The fourth-order valence-electron chi connectivity index (χ4n) is 4.98. The number of aryl methyl sites for hydroxylation is 2. The summed E-state index contributed by atoms with van der Waals surface area (Å²) in [5.74, 6) is -1.03. The molecule has 0 bridgehead atoms. The summed E-state index contributed by atoms with van der Waals surface area (Å²) in [4.78, 5) is 30.4. The molecule has 206 valence electrons. The maximum atomic E-state index is 15.2. The van der Waals surface area contributed by atoms with Gasteiger partial charge in [-0.05, 0) is 83.6 Å². The molecule has 4 rings (SSSR count). The summed E-state index contributed by atoms with van der Waals surface area (Å²) in [5.41, 5.74) is 2.63. The highest BCUT2D eigenvalue weighted by Crippen LogP contribution is 2.37. The number of carbonyl (C=O) groups is 2. The summed E-state index contributed by atoms with van der Waals surface area (Å²) >= 11 is 0. The van der Waals surface area contributed by atoms with Crippen LogP contribution in [-0.2, 0) is 16.0 Å². The number of benzene rings is 1. The molecule has 8 nitrogen and oxygen atoms in total. The smallest absolute Gasteiger partial charge is 0.408 e. The van der Waals surface area contributed by atoms with E-state index in [-0.39, 0.29) is 12.3 Å². The molecule has 2 N–H and O–H groups in total. The van der Waals surface area contributed by atoms with E-state index >= 15 is 4.39 Å². The second-order valence-corrected chi connectivity index (χ2v) is 11.6. The molecule has 2 heterocycles. The monoisotopic (exact) mass is 533 g/mol.